The number of benzene rings is 1. The molecule has 1 aromatic carbocycles. The Morgan fingerprint density at radius 2 is 1.95 bits per heavy atom. The highest BCUT2D eigenvalue weighted by Gasteiger charge is 2.24. The summed E-state index contributed by atoms with van der Waals surface area (Å²) in [6.45, 7) is 9.14. The molecule has 0 aliphatic carbocycles. The fourth-order valence-electron chi connectivity index (χ4n) is 4.65. The van der Waals surface area contributed by atoms with Crippen molar-refractivity contribution in [3.8, 4) is 0 Å². The second-order valence-electron chi connectivity index (χ2n) is 9.18. The fraction of sp³-hybridized carbons (Fsp3) is 0.385. The lowest BCUT2D eigenvalue weighted by Crippen LogP contribution is -2.38. The molecule has 3 aromatic heterocycles. The number of nitrogens with one attached hydrogen (secondary N) is 1. The molecular weight excluding hydrogens is 468 g/mol. The average molecular weight is 501 g/mol. The van der Waals surface area contributed by atoms with E-state index in [9.17, 15) is 0 Å². The van der Waals surface area contributed by atoms with Crippen molar-refractivity contribution in [2.45, 2.75) is 33.2 Å². The number of rotatable bonds is 7. The van der Waals surface area contributed by atoms with Gasteiger partial charge in [-0.05, 0) is 54.5 Å². The number of hydrogen-bond donors (Lipinski definition) is 2. The van der Waals surface area contributed by atoms with E-state index in [0.717, 1.165) is 58.6 Å². The first-order valence-corrected chi connectivity index (χ1v) is 12.5. The molecule has 0 amide bonds. The predicted molar refractivity (Wildman–Crippen MR) is 145 cm³/mol. The van der Waals surface area contributed by atoms with Crippen LogP contribution in [-0.2, 0) is 11.8 Å². The van der Waals surface area contributed by atoms with Gasteiger partial charge >= 0.3 is 0 Å². The number of anilines is 3. The van der Waals surface area contributed by atoms with Gasteiger partial charge in [-0.2, -0.15) is 4.98 Å². The Bertz CT molecular complexity index is 1440. The van der Waals surface area contributed by atoms with Crippen molar-refractivity contribution >= 4 is 40.6 Å². The summed E-state index contributed by atoms with van der Waals surface area (Å²) in [6.07, 6.45) is 4.57. The van der Waals surface area contributed by atoms with Crippen LogP contribution in [-0.4, -0.2) is 61.5 Å². The molecule has 1 fully saturated rings. The molecule has 0 spiro atoms. The van der Waals surface area contributed by atoms with E-state index in [0.29, 0.717) is 24.9 Å². The summed E-state index contributed by atoms with van der Waals surface area (Å²) in [5.41, 5.74) is 11.0. The van der Waals surface area contributed by atoms with Gasteiger partial charge in [-0.15, -0.1) is 5.10 Å². The zero-order valence-corrected chi connectivity index (χ0v) is 21.6. The van der Waals surface area contributed by atoms with Crippen molar-refractivity contribution in [3.05, 3.63) is 52.5 Å². The molecule has 1 aliphatic heterocycles. The van der Waals surface area contributed by atoms with Crippen molar-refractivity contribution in [1.29, 1.82) is 0 Å². The monoisotopic (exact) mass is 500 g/mol. The van der Waals surface area contributed by atoms with Crippen molar-refractivity contribution in [2.24, 2.45) is 7.05 Å². The van der Waals surface area contributed by atoms with Gasteiger partial charge in [-0.3, -0.25) is 0 Å². The topological polar surface area (TPSA) is 133 Å². The van der Waals surface area contributed by atoms with Crippen LogP contribution in [0.15, 0.2) is 24.3 Å². The minimum atomic E-state index is -0.0624. The van der Waals surface area contributed by atoms with E-state index in [1.165, 1.54) is 0 Å². The molecule has 1 saturated heterocycles. The maximum atomic E-state index is 6.08. The fourth-order valence-corrected chi connectivity index (χ4v) is 4.65. The third-order valence-corrected chi connectivity index (χ3v) is 6.67. The summed E-state index contributed by atoms with van der Waals surface area (Å²) in [5, 5.41) is 16.4. The zero-order valence-electron chi connectivity index (χ0n) is 21.6. The first-order valence-electron chi connectivity index (χ1n) is 12.5. The minimum absolute atomic E-state index is 0.0624. The summed E-state index contributed by atoms with van der Waals surface area (Å²) in [7, 11) is 1.79. The van der Waals surface area contributed by atoms with E-state index in [2.05, 4.69) is 73.8 Å². The largest absolute Gasteiger partial charge is 0.378 e. The second-order valence-corrected chi connectivity index (χ2v) is 9.18. The first-order chi connectivity index (χ1) is 17.9. The molecule has 0 saturated carbocycles. The van der Waals surface area contributed by atoms with Crippen LogP contribution >= 0.6 is 0 Å². The maximum Gasteiger partial charge on any atom is 0.222 e. The number of hydrogen-bond acceptors (Lipinski definition) is 10. The highest BCUT2D eigenvalue weighted by Crippen LogP contribution is 2.35. The smallest absolute Gasteiger partial charge is 0.222 e. The molecule has 1 unspecified atom stereocenters. The van der Waals surface area contributed by atoms with Gasteiger partial charge in [0.25, 0.3) is 0 Å². The lowest BCUT2D eigenvalue weighted by atomic mass is 10.00. The second kappa shape index (κ2) is 10.5. The molecule has 11 heteroatoms. The van der Waals surface area contributed by atoms with Crippen LogP contribution in [0.4, 0.5) is 17.6 Å². The SMILES string of the molecule is CCC(Nc1nc(N)nc(C)c1/C=C/c1nnnn1C)c1cc2cccc(C)c2nc1N1CCOCC1. The number of nitrogen functional groups attached to an aromatic ring is 1. The molecule has 1 aliphatic rings. The van der Waals surface area contributed by atoms with Gasteiger partial charge < -0.3 is 20.7 Å². The van der Waals surface area contributed by atoms with Gasteiger partial charge in [0.2, 0.25) is 5.95 Å². The molecule has 192 valence electrons. The third-order valence-electron chi connectivity index (χ3n) is 6.67. The average Bonchev–Trinajstić information content (AvgIpc) is 3.31. The van der Waals surface area contributed by atoms with Gasteiger partial charge in [0.1, 0.15) is 11.6 Å². The number of aryl methyl sites for hydroxylation is 3. The molecule has 1 atom stereocenters. The number of para-hydroxylation sites is 1. The number of aromatic nitrogens is 7. The summed E-state index contributed by atoms with van der Waals surface area (Å²) >= 11 is 0. The Kier molecular flexibility index (Phi) is 6.95. The van der Waals surface area contributed by atoms with Crippen LogP contribution in [0, 0.1) is 13.8 Å². The number of tetrazole rings is 1. The Morgan fingerprint density at radius 1 is 1.14 bits per heavy atom. The number of nitrogens with two attached hydrogens (primary N) is 1. The maximum absolute atomic E-state index is 6.08. The Hall–Kier alpha value is -4.12. The van der Waals surface area contributed by atoms with Gasteiger partial charge in [0.15, 0.2) is 5.82 Å². The standard InChI is InChI=1S/C26H32N10O/c1-5-21(29-24-19(17(3)28-26(27)31-24)9-10-22-32-33-34-35(22)4)20-15-18-8-6-7-16(2)23(18)30-25(20)36-11-13-37-14-12-36/h6-10,15,21H,5,11-14H2,1-4H3,(H3,27,28,29,31)/b10-9+. The summed E-state index contributed by atoms with van der Waals surface area (Å²) in [6, 6.07) is 8.48. The normalized spacial score (nSPS) is 15.0. The van der Waals surface area contributed by atoms with Gasteiger partial charge in [0, 0.05) is 36.7 Å². The van der Waals surface area contributed by atoms with Crippen LogP contribution in [0.2, 0.25) is 0 Å². The van der Waals surface area contributed by atoms with Crippen LogP contribution < -0.4 is 16.0 Å². The van der Waals surface area contributed by atoms with Crippen LogP contribution in [0.25, 0.3) is 23.1 Å². The summed E-state index contributed by atoms with van der Waals surface area (Å²) in [5.74, 6) is 2.47. The van der Waals surface area contributed by atoms with Crippen molar-refractivity contribution < 1.29 is 4.74 Å². The quantitative estimate of drug-likeness (QED) is 0.389. The predicted octanol–water partition coefficient (Wildman–Crippen LogP) is 3.32. The van der Waals surface area contributed by atoms with Crippen molar-refractivity contribution in [3.63, 3.8) is 0 Å². The lowest BCUT2D eigenvalue weighted by Gasteiger charge is -2.32. The van der Waals surface area contributed by atoms with Crippen LogP contribution in [0.1, 0.15) is 47.6 Å². The van der Waals surface area contributed by atoms with E-state index in [1.54, 1.807) is 11.7 Å². The Balaban J connectivity index is 1.58. The van der Waals surface area contributed by atoms with E-state index in [1.807, 2.05) is 19.1 Å². The number of nitrogens with zero attached hydrogens (tertiary/aromatic N) is 8. The molecule has 0 bridgehead atoms. The molecule has 11 nitrogen and oxygen atoms in total. The molecular formula is C26H32N10O. The van der Waals surface area contributed by atoms with Crippen molar-refractivity contribution in [2.75, 3.05) is 42.3 Å². The number of pyridine rings is 1. The summed E-state index contributed by atoms with van der Waals surface area (Å²) in [4.78, 5) is 16.5. The molecule has 5 rings (SSSR count). The number of ether oxygens (including phenoxy) is 1. The van der Waals surface area contributed by atoms with Crippen LogP contribution in [0.5, 0.6) is 0 Å². The minimum Gasteiger partial charge on any atom is -0.378 e. The molecule has 4 heterocycles. The Labute approximate surface area is 215 Å². The highest BCUT2D eigenvalue weighted by molar-refractivity contribution is 5.85. The van der Waals surface area contributed by atoms with E-state index >= 15 is 0 Å². The van der Waals surface area contributed by atoms with E-state index in [4.69, 9.17) is 15.5 Å². The number of morpholine rings is 1. The van der Waals surface area contributed by atoms with E-state index < -0.39 is 0 Å². The lowest BCUT2D eigenvalue weighted by molar-refractivity contribution is 0.122. The highest BCUT2D eigenvalue weighted by atomic mass is 16.5. The summed E-state index contributed by atoms with van der Waals surface area (Å²) < 4.78 is 7.22. The molecule has 0 radical (unpaired) electrons. The van der Waals surface area contributed by atoms with Crippen LogP contribution in [0.3, 0.4) is 0 Å². The molecule has 4 aromatic rings. The Morgan fingerprint density at radius 3 is 2.68 bits per heavy atom. The zero-order chi connectivity index (χ0) is 25.9. The molecule has 37 heavy (non-hydrogen) atoms. The molecule has 3 N–H and O–H groups in total. The van der Waals surface area contributed by atoms with Crippen molar-refractivity contribution in [1.82, 2.24) is 35.2 Å². The van der Waals surface area contributed by atoms with Gasteiger partial charge in [-0.25, -0.2) is 14.6 Å². The number of fused-ring (bicyclic) bond motifs is 1. The first kappa shape index (κ1) is 24.6. The van der Waals surface area contributed by atoms with Gasteiger partial charge in [-0.1, -0.05) is 25.1 Å². The van der Waals surface area contributed by atoms with Gasteiger partial charge in [0.05, 0.1) is 30.5 Å². The van der Waals surface area contributed by atoms with E-state index in [-0.39, 0.29) is 12.0 Å². The third kappa shape index (κ3) is 5.08.